The van der Waals surface area contributed by atoms with E-state index in [1.165, 1.54) is 5.69 Å². The number of anilines is 4. The van der Waals surface area contributed by atoms with E-state index in [1.54, 1.807) is 17.2 Å². The number of likely N-dealkylation sites (tertiary alicyclic amines) is 1. The number of hydrogen-bond acceptors (Lipinski definition) is 11. The third kappa shape index (κ3) is 9.86. The lowest BCUT2D eigenvalue weighted by Crippen LogP contribution is -2.58. The number of carbonyl (C=O) groups excluding carboxylic acids is 4. The number of amides is 5. The second-order valence-corrected chi connectivity index (χ2v) is 16.5. The Kier molecular flexibility index (Phi) is 12.2. The van der Waals surface area contributed by atoms with Gasteiger partial charge >= 0.3 is 6.03 Å². The molecule has 314 valence electrons. The highest BCUT2D eigenvalue weighted by Gasteiger charge is 2.33. The Morgan fingerprint density at radius 2 is 1.68 bits per heavy atom. The first-order valence-electron chi connectivity index (χ1n) is 21.0. The summed E-state index contributed by atoms with van der Waals surface area (Å²) >= 11 is 0. The Morgan fingerprint density at radius 1 is 0.900 bits per heavy atom. The van der Waals surface area contributed by atoms with Crippen LogP contribution in [0.2, 0.25) is 0 Å². The highest BCUT2D eigenvalue weighted by atomic mass is 16.5. The maximum Gasteiger partial charge on any atom is 0.317 e. The van der Waals surface area contributed by atoms with Crippen LogP contribution in [0.3, 0.4) is 0 Å². The van der Waals surface area contributed by atoms with Crippen molar-refractivity contribution in [1.29, 1.82) is 0 Å². The average Bonchev–Trinajstić information content (AvgIpc) is 3.21. The molecule has 4 saturated heterocycles. The van der Waals surface area contributed by atoms with Crippen molar-refractivity contribution >= 4 is 46.8 Å². The molecular formula is C45H54N10O5. The zero-order valence-electron chi connectivity index (χ0n) is 34.5. The molecule has 1 atom stereocenters. The quantitative estimate of drug-likeness (QED) is 0.139. The van der Waals surface area contributed by atoms with Gasteiger partial charge in [0.15, 0.2) is 0 Å². The topological polar surface area (TPSA) is 164 Å². The van der Waals surface area contributed by atoms with E-state index < -0.39 is 6.04 Å². The van der Waals surface area contributed by atoms with Crippen LogP contribution in [0, 0.1) is 12.8 Å². The molecule has 15 nitrogen and oxygen atoms in total. The van der Waals surface area contributed by atoms with Gasteiger partial charge in [-0.15, -0.1) is 0 Å². The van der Waals surface area contributed by atoms with Crippen LogP contribution in [0.25, 0.3) is 11.3 Å². The third-order valence-electron chi connectivity index (χ3n) is 11.6. The van der Waals surface area contributed by atoms with Crippen LogP contribution in [0.15, 0.2) is 79.0 Å². The molecule has 0 radical (unpaired) electrons. The van der Waals surface area contributed by atoms with Crippen LogP contribution in [0.1, 0.15) is 48.2 Å². The number of carbonyl (C=O) groups is 4. The Bertz CT molecular complexity index is 2200. The second-order valence-electron chi connectivity index (χ2n) is 16.5. The highest BCUT2D eigenvalue weighted by Crippen LogP contribution is 2.29. The summed E-state index contributed by atoms with van der Waals surface area (Å²) < 4.78 is 5.76. The standard InChI is InChI=1S/C45H54N10O5/c1-29(2)60-38-27-55(28-38)45(59)47-23-34-8-7-32(21-30(34)3)39-15-16-46-44(50-39)49-35-9-11-37(12-10-35)54-25-31(26-54)24-52-17-19-53(20-18-52)43(58)33-5-4-6-36(22-33)48-40-13-14-41(56)51-42(40)57/h4-12,15-16,21-22,29,31,38,40,48H,13-14,17-20,23-28H2,1-3H3,(H,47,59)(H,46,49,50)(H,51,56,57). The third-order valence-corrected chi connectivity index (χ3v) is 11.6. The zero-order chi connectivity index (χ0) is 41.8. The summed E-state index contributed by atoms with van der Waals surface area (Å²) in [4.78, 5) is 67.4. The minimum absolute atomic E-state index is 0.0114. The predicted molar refractivity (Wildman–Crippen MR) is 230 cm³/mol. The smallest absolute Gasteiger partial charge is 0.317 e. The van der Waals surface area contributed by atoms with Gasteiger partial charge in [0.1, 0.15) is 6.04 Å². The summed E-state index contributed by atoms with van der Waals surface area (Å²) in [6.45, 7) is 13.8. The number of ether oxygens (including phenoxy) is 1. The Balaban J connectivity index is 0.756. The van der Waals surface area contributed by atoms with E-state index in [4.69, 9.17) is 9.72 Å². The molecule has 15 heteroatoms. The van der Waals surface area contributed by atoms with Gasteiger partial charge in [-0.05, 0) is 92.9 Å². The van der Waals surface area contributed by atoms with Crippen molar-refractivity contribution in [3.63, 3.8) is 0 Å². The number of nitrogens with one attached hydrogen (secondary N) is 4. The van der Waals surface area contributed by atoms with Gasteiger partial charge in [-0.1, -0.05) is 18.2 Å². The highest BCUT2D eigenvalue weighted by molar-refractivity contribution is 6.01. The van der Waals surface area contributed by atoms with Crippen molar-refractivity contribution in [2.24, 2.45) is 5.92 Å². The lowest BCUT2D eigenvalue weighted by Gasteiger charge is -2.44. The molecule has 4 aliphatic rings. The number of aromatic nitrogens is 2. The molecule has 4 aliphatic heterocycles. The average molecular weight is 815 g/mol. The lowest BCUT2D eigenvalue weighted by molar-refractivity contribution is -0.133. The number of piperidine rings is 1. The number of piperazine rings is 1. The van der Waals surface area contributed by atoms with Crippen LogP contribution in [0.5, 0.6) is 0 Å². The van der Waals surface area contributed by atoms with Crippen molar-refractivity contribution < 1.29 is 23.9 Å². The van der Waals surface area contributed by atoms with Crippen LogP contribution >= 0.6 is 0 Å². The van der Waals surface area contributed by atoms with Crippen LogP contribution < -0.4 is 26.2 Å². The molecule has 0 saturated carbocycles. The van der Waals surface area contributed by atoms with Gasteiger partial charge in [-0.2, -0.15) is 0 Å². The number of urea groups is 1. The first-order chi connectivity index (χ1) is 29.0. The second kappa shape index (κ2) is 18.1. The number of nitrogens with zero attached hydrogens (tertiary/aromatic N) is 6. The van der Waals surface area contributed by atoms with Crippen LogP contribution in [0.4, 0.5) is 27.8 Å². The molecule has 1 aromatic heterocycles. The minimum Gasteiger partial charge on any atom is -0.374 e. The van der Waals surface area contributed by atoms with Gasteiger partial charge in [-0.25, -0.2) is 14.8 Å². The molecule has 0 spiro atoms. The van der Waals surface area contributed by atoms with E-state index in [-0.39, 0.29) is 36.0 Å². The molecule has 3 aromatic carbocycles. The maximum absolute atomic E-state index is 13.4. The van der Waals surface area contributed by atoms with Gasteiger partial charge < -0.3 is 35.4 Å². The van der Waals surface area contributed by atoms with Crippen molar-refractivity contribution in [1.82, 2.24) is 35.3 Å². The van der Waals surface area contributed by atoms with E-state index in [0.29, 0.717) is 68.7 Å². The summed E-state index contributed by atoms with van der Waals surface area (Å²) in [5.74, 6) is 0.483. The number of imide groups is 1. The first-order valence-corrected chi connectivity index (χ1v) is 21.0. The molecule has 4 N–H and O–H groups in total. The monoisotopic (exact) mass is 814 g/mol. The van der Waals surface area contributed by atoms with Gasteiger partial charge in [-0.3, -0.25) is 24.6 Å². The summed E-state index contributed by atoms with van der Waals surface area (Å²) in [6.07, 6.45) is 2.76. The normalized spacial score (nSPS) is 18.8. The summed E-state index contributed by atoms with van der Waals surface area (Å²) in [6, 6.07) is 23.1. The van der Waals surface area contributed by atoms with Gasteiger partial charge in [0.05, 0.1) is 31.0 Å². The van der Waals surface area contributed by atoms with E-state index in [0.717, 1.165) is 60.8 Å². The molecule has 60 heavy (non-hydrogen) atoms. The van der Waals surface area contributed by atoms with E-state index in [2.05, 4.69) is 66.4 Å². The molecule has 5 amide bonds. The van der Waals surface area contributed by atoms with Crippen molar-refractivity contribution in [3.8, 4) is 11.3 Å². The van der Waals surface area contributed by atoms with Gasteiger partial charge in [0.2, 0.25) is 17.8 Å². The van der Waals surface area contributed by atoms with Crippen molar-refractivity contribution in [3.05, 3.63) is 95.7 Å². The number of benzene rings is 3. The Hall–Kier alpha value is -6.06. The molecule has 4 fully saturated rings. The van der Waals surface area contributed by atoms with Crippen LogP contribution in [-0.4, -0.2) is 126 Å². The molecule has 4 aromatic rings. The molecule has 1 unspecified atom stereocenters. The largest absolute Gasteiger partial charge is 0.374 e. The predicted octanol–water partition coefficient (Wildman–Crippen LogP) is 4.63. The van der Waals surface area contributed by atoms with Gasteiger partial charge in [0.25, 0.3) is 5.91 Å². The summed E-state index contributed by atoms with van der Waals surface area (Å²) in [7, 11) is 0. The Morgan fingerprint density at radius 3 is 2.42 bits per heavy atom. The molecule has 5 heterocycles. The first kappa shape index (κ1) is 40.7. The fourth-order valence-electron chi connectivity index (χ4n) is 8.23. The molecular weight excluding hydrogens is 761 g/mol. The molecule has 0 aliphatic carbocycles. The molecule has 0 bridgehead atoms. The summed E-state index contributed by atoms with van der Waals surface area (Å²) in [5, 5.41) is 11.9. The lowest BCUT2D eigenvalue weighted by atomic mass is 9.98. The number of aryl methyl sites for hydroxylation is 1. The summed E-state index contributed by atoms with van der Waals surface area (Å²) in [5.41, 5.74) is 7.28. The molecule has 8 rings (SSSR count). The Labute approximate surface area is 350 Å². The van der Waals surface area contributed by atoms with Crippen molar-refractivity contribution in [2.75, 3.05) is 74.4 Å². The minimum atomic E-state index is -0.495. The zero-order valence-corrected chi connectivity index (χ0v) is 34.5. The fraction of sp³-hybridized carbons (Fsp3) is 0.422. The van der Waals surface area contributed by atoms with Gasteiger partial charge in [0, 0.05) is 99.1 Å². The van der Waals surface area contributed by atoms with E-state index >= 15 is 0 Å². The SMILES string of the molecule is Cc1cc(-c2ccnc(Nc3ccc(N4CC(CN5CCN(C(=O)c6cccc(NC7CCC(=O)NC7=O)c6)CC5)C4)cc3)n2)ccc1CNC(=O)N1CC(OC(C)C)C1. The maximum atomic E-state index is 13.4. The number of hydrogen-bond donors (Lipinski definition) is 4. The number of rotatable bonds is 13. The van der Waals surface area contributed by atoms with E-state index in [1.807, 2.05) is 62.1 Å². The van der Waals surface area contributed by atoms with E-state index in [9.17, 15) is 19.2 Å². The van der Waals surface area contributed by atoms with Crippen LogP contribution in [-0.2, 0) is 20.9 Å². The fourth-order valence-corrected chi connectivity index (χ4v) is 8.23. The van der Waals surface area contributed by atoms with Crippen molar-refractivity contribution in [2.45, 2.75) is 58.4 Å².